The molecule has 6 nitrogen and oxygen atoms in total. The van der Waals surface area contributed by atoms with Crippen molar-refractivity contribution in [2.45, 2.75) is 50.0 Å². The third-order valence-electron chi connectivity index (χ3n) is 8.47. The van der Waals surface area contributed by atoms with Gasteiger partial charge in [0.15, 0.2) is 5.60 Å². The van der Waals surface area contributed by atoms with E-state index < -0.39 is 40.4 Å². The predicted molar refractivity (Wildman–Crippen MR) is 143 cm³/mol. The Morgan fingerprint density at radius 1 is 1.15 bits per heavy atom. The molecule has 1 amide bonds. The summed E-state index contributed by atoms with van der Waals surface area (Å²) >= 11 is 6.57. The molecular formula is C30H29ClF2N2O4. The Morgan fingerprint density at radius 2 is 1.90 bits per heavy atom. The fraction of sp³-hybridized carbons (Fsp3) is 0.367. The summed E-state index contributed by atoms with van der Waals surface area (Å²) in [6, 6.07) is 11.5. The van der Waals surface area contributed by atoms with Gasteiger partial charge in [0, 0.05) is 35.4 Å². The standard InChI is InChI=1S/C30H29ClF2N2O4/c1-14-11-15-12-17(29(38)34-2)22(26(33)21(15)27(14)36)24-23-19(13-18(32)25(24)31)39-30(28(23)37,20-9-6-10-35-20)16-7-4-3-5-8-16/h3-5,7-8,12-14,20,27-28,35-37H,6,9-11H2,1-2H3,(H,34,38)/t14?,20-,27?,28-,30-/m0/s1. The third-order valence-corrected chi connectivity index (χ3v) is 8.84. The van der Waals surface area contributed by atoms with Crippen LogP contribution in [0.5, 0.6) is 5.75 Å². The highest BCUT2D eigenvalue weighted by Gasteiger charge is 2.57. The summed E-state index contributed by atoms with van der Waals surface area (Å²) in [5.74, 6) is -2.59. The first kappa shape index (κ1) is 26.2. The number of carbonyl (C=O) groups is 1. The van der Waals surface area contributed by atoms with E-state index in [1.165, 1.54) is 13.1 Å². The first-order chi connectivity index (χ1) is 18.7. The smallest absolute Gasteiger partial charge is 0.251 e. The molecule has 9 heteroatoms. The molecule has 1 saturated heterocycles. The number of aliphatic hydroxyl groups is 2. The number of nitrogens with one attached hydrogen (secondary N) is 2. The summed E-state index contributed by atoms with van der Waals surface area (Å²) in [7, 11) is 1.41. The lowest BCUT2D eigenvalue weighted by atomic mass is 9.77. The van der Waals surface area contributed by atoms with Crippen molar-refractivity contribution in [3.05, 3.63) is 86.9 Å². The maximum absolute atomic E-state index is 16.5. The van der Waals surface area contributed by atoms with Gasteiger partial charge in [0.2, 0.25) is 0 Å². The zero-order valence-electron chi connectivity index (χ0n) is 21.5. The van der Waals surface area contributed by atoms with Crippen LogP contribution in [-0.4, -0.2) is 35.8 Å². The number of benzene rings is 3. The number of ether oxygens (including phenoxy) is 1. The van der Waals surface area contributed by atoms with Gasteiger partial charge >= 0.3 is 0 Å². The van der Waals surface area contributed by atoms with Crippen molar-refractivity contribution >= 4 is 17.5 Å². The third kappa shape index (κ3) is 3.73. The molecule has 204 valence electrons. The van der Waals surface area contributed by atoms with E-state index in [1.807, 2.05) is 30.3 Å². The van der Waals surface area contributed by atoms with Crippen molar-refractivity contribution in [1.29, 1.82) is 0 Å². The number of amides is 1. The van der Waals surface area contributed by atoms with E-state index in [2.05, 4.69) is 10.6 Å². The number of carbonyl (C=O) groups excluding carboxylic acids is 1. The van der Waals surface area contributed by atoms with Gasteiger partial charge in [0.05, 0.1) is 22.7 Å². The summed E-state index contributed by atoms with van der Waals surface area (Å²) in [5, 5.41) is 28.4. The fourth-order valence-electron chi connectivity index (χ4n) is 6.61. The minimum Gasteiger partial charge on any atom is -0.477 e. The van der Waals surface area contributed by atoms with E-state index in [4.69, 9.17) is 16.3 Å². The number of halogens is 3. The summed E-state index contributed by atoms with van der Waals surface area (Å²) in [6.45, 7) is 2.50. The van der Waals surface area contributed by atoms with E-state index >= 15 is 8.78 Å². The molecule has 0 bridgehead atoms. The zero-order chi connectivity index (χ0) is 27.6. The normalized spacial score (nSPS) is 27.3. The Morgan fingerprint density at radius 3 is 2.56 bits per heavy atom. The second-order valence-electron chi connectivity index (χ2n) is 10.7. The molecule has 0 spiro atoms. The quantitative estimate of drug-likeness (QED) is 0.367. The van der Waals surface area contributed by atoms with Crippen LogP contribution in [0.3, 0.4) is 0 Å². The van der Waals surface area contributed by atoms with Crippen molar-refractivity contribution < 1.29 is 28.5 Å². The molecule has 0 aromatic heterocycles. The zero-order valence-corrected chi connectivity index (χ0v) is 22.3. The highest BCUT2D eigenvalue weighted by atomic mass is 35.5. The molecule has 3 aliphatic rings. The molecule has 2 heterocycles. The molecule has 5 atom stereocenters. The first-order valence-electron chi connectivity index (χ1n) is 13.1. The molecule has 4 N–H and O–H groups in total. The Kier molecular flexibility index (Phi) is 6.42. The summed E-state index contributed by atoms with van der Waals surface area (Å²) in [4.78, 5) is 13.1. The van der Waals surface area contributed by atoms with Gasteiger partial charge in [0.25, 0.3) is 5.91 Å². The van der Waals surface area contributed by atoms with E-state index in [9.17, 15) is 15.0 Å². The molecular weight excluding hydrogens is 526 g/mol. The van der Waals surface area contributed by atoms with E-state index in [0.29, 0.717) is 30.5 Å². The highest BCUT2D eigenvalue weighted by Crippen LogP contribution is 2.58. The van der Waals surface area contributed by atoms with Crippen LogP contribution in [0.25, 0.3) is 11.1 Å². The number of hydrogen-bond donors (Lipinski definition) is 4. The van der Waals surface area contributed by atoms with Crippen molar-refractivity contribution in [2.24, 2.45) is 5.92 Å². The van der Waals surface area contributed by atoms with E-state index in [0.717, 1.165) is 12.5 Å². The van der Waals surface area contributed by atoms with Crippen LogP contribution in [0.1, 0.15) is 64.6 Å². The van der Waals surface area contributed by atoms with Crippen molar-refractivity contribution in [2.75, 3.05) is 13.6 Å². The molecule has 3 aromatic carbocycles. The number of aliphatic hydroxyl groups excluding tert-OH is 2. The molecule has 0 saturated carbocycles. The van der Waals surface area contributed by atoms with Crippen LogP contribution < -0.4 is 15.4 Å². The van der Waals surface area contributed by atoms with Crippen LogP contribution >= 0.6 is 11.6 Å². The van der Waals surface area contributed by atoms with Crippen LogP contribution in [0.4, 0.5) is 8.78 Å². The average molecular weight is 555 g/mol. The van der Waals surface area contributed by atoms with Crippen LogP contribution in [0.2, 0.25) is 5.02 Å². The predicted octanol–water partition coefficient (Wildman–Crippen LogP) is 4.94. The summed E-state index contributed by atoms with van der Waals surface area (Å²) in [6.07, 6.45) is -0.572. The Hall–Kier alpha value is -3.04. The molecule has 3 aromatic rings. The van der Waals surface area contributed by atoms with Gasteiger partial charge < -0.3 is 25.6 Å². The lowest BCUT2D eigenvalue weighted by molar-refractivity contribution is -0.0566. The minimum atomic E-state index is -1.38. The van der Waals surface area contributed by atoms with Gasteiger partial charge in [-0.1, -0.05) is 48.9 Å². The largest absolute Gasteiger partial charge is 0.477 e. The van der Waals surface area contributed by atoms with Crippen LogP contribution in [-0.2, 0) is 12.0 Å². The maximum atomic E-state index is 16.5. The molecule has 6 rings (SSSR count). The topological polar surface area (TPSA) is 90.8 Å². The molecule has 0 radical (unpaired) electrons. The molecule has 2 unspecified atom stereocenters. The number of rotatable bonds is 4. The number of fused-ring (bicyclic) bond motifs is 2. The minimum absolute atomic E-state index is 0.0219. The Balaban J connectivity index is 1.65. The van der Waals surface area contributed by atoms with Gasteiger partial charge in [-0.05, 0) is 48.9 Å². The maximum Gasteiger partial charge on any atom is 0.251 e. The Bertz CT molecular complexity index is 1480. The monoisotopic (exact) mass is 554 g/mol. The summed E-state index contributed by atoms with van der Waals surface area (Å²) in [5.41, 5.74) is -0.504. The van der Waals surface area contributed by atoms with Gasteiger partial charge in [-0.2, -0.15) is 0 Å². The van der Waals surface area contributed by atoms with E-state index in [-0.39, 0.29) is 45.5 Å². The molecule has 1 aliphatic carbocycles. The molecule has 1 fully saturated rings. The van der Waals surface area contributed by atoms with E-state index in [1.54, 1.807) is 6.92 Å². The number of hydrogen-bond acceptors (Lipinski definition) is 5. The Labute approximate surface area is 230 Å². The SMILES string of the molecule is CNC(=O)c1cc2c(c(F)c1-c1c(Cl)c(F)cc3c1[C@H](O)[C@](c1ccccc1)([C@@H]1CCCN1)O3)C(O)C(C)C2. The first-order valence-corrected chi connectivity index (χ1v) is 13.5. The highest BCUT2D eigenvalue weighted by molar-refractivity contribution is 6.34. The molecule has 39 heavy (non-hydrogen) atoms. The van der Waals surface area contributed by atoms with Gasteiger partial charge in [-0.15, -0.1) is 0 Å². The molecule has 2 aliphatic heterocycles. The van der Waals surface area contributed by atoms with Gasteiger partial charge in [-0.3, -0.25) is 4.79 Å². The van der Waals surface area contributed by atoms with Gasteiger partial charge in [-0.25, -0.2) is 8.78 Å². The van der Waals surface area contributed by atoms with Crippen LogP contribution in [0, 0.1) is 17.6 Å². The fourth-order valence-corrected chi connectivity index (χ4v) is 6.86. The lowest BCUT2D eigenvalue weighted by Gasteiger charge is -2.38. The van der Waals surface area contributed by atoms with Crippen molar-refractivity contribution in [1.82, 2.24) is 10.6 Å². The van der Waals surface area contributed by atoms with Crippen molar-refractivity contribution in [3.63, 3.8) is 0 Å². The van der Waals surface area contributed by atoms with Crippen molar-refractivity contribution in [3.8, 4) is 16.9 Å². The average Bonchev–Trinajstić information content (AvgIpc) is 3.64. The second kappa shape index (κ2) is 9.55. The lowest BCUT2D eigenvalue weighted by Crippen LogP contribution is -2.51. The van der Waals surface area contributed by atoms with Crippen LogP contribution in [0.15, 0.2) is 42.5 Å². The summed E-state index contributed by atoms with van der Waals surface area (Å²) < 4.78 is 38.5. The van der Waals surface area contributed by atoms with Gasteiger partial charge in [0.1, 0.15) is 23.5 Å². The second-order valence-corrected chi connectivity index (χ2v) is 11.0.